The van der Waals surface area contributed by atoms with E-state index in [-0.39, 0.29) is 0 Å². The third-order valence-corrected chi connectivity index (χ3v) is 9.82. The minimum absolute atomic E-state index is 0.910. The lowest BCUT2D eigenvalue weighted by Gasteiger charge is -2.27. The summed E-state index contributed by atoms with van der Waals surface area (Å²) in [7, 11) is 0. The molecule has 9 aromatic carbocycles. The Hall–Kier alpha value is -6.38. The van der Waals surface area contributed by atoms with Gasteiger partial charge in [0.1, 0.15) is 11.2 Å². The normalized spacial score (nSPS) is 11.8. The van der Waals surface area contributed by atoms with Gasteiger partial charge in [-0.15, -0.1) is 0 Å². The first-order valence-electron chi connectivity index (χ1n) is 16.4. The summed E-state index contributed by atoms with van der Waals surface area (Å²) in [6.45, 7) is 0. The molecule has 0 saturated carbocycles. The summed E-state index contributed by atoms with van der Waals surface area (Å²) >= 11 is 0. The summed E-state index contributed by atoms with van der Waals surface area (Å²) in [6, 6.07) is 63.4. The van der Waals surface area contributed by atoms with E-state index >= 15 is 0 Å². The Balaban J connectivity index is 1.18. The number of benzene rings is 9. The summed E-state index contributed by atoms with van der Waals surface area (Å²) in [4.78, 5) is 2.38. The van der Waals surface area contributed by atoms with Crippen molar-refractivity contribution in [3.05, 3.63) is 176 Å². The average molecular weight is 612 g/mol. The van der Waals surface area contributed by atoms with E-state index in [0.717, 1.165) is 49.8 Å². The molecule has 224 valence electrons. The SMILES string of the molecule is c1ccc2c(N(c3ccc(-c4cc5ccccc5c5ccccc45)cc3)c3ccc4ccc5c6ccccc6oc5c4c3)cccc2c1. The van der Waals surface area contributed by atoms with Crippen molar-refractivity contribution in [1.82, 2.24) is 0 Å². The molecule has 0 aliphatic carbocycles. The molecule has 2 nitrogen and oxygen atoms in total. The number of hydrogen-bond donors (Lipinski definition) is 0. The minimum atomic E-state index is 0.910. The molecule has 2 heteroatoms. The molecule has 10 rings (SSSR count). The highest BCUT2D eigenvalue weighted by Gasteiger charge is 2.18. The first-order valence-corrected chi connectivity index (χ1v) is 16.4. The standard InChI is InChI=1S/C46H29NO/c1-4-14-37-30(10-1)12-9-18-44(37)47(35-26-22-32-23-27-41-40-17-7-8-19-45(40)48-46(41)43(32)29-35)34-24-20-31(21-25-34)42-28-33-11-2-3-13-36(33)38-15-5-6-16-39(38)42/h1-29H. The Bertz CT molecular complexity index is 2840. The highest BCUT2D eigenvalue weighted by Crippen LogP contribution is 2.43. The molecular weight excluding hydrogens is 583 g/mol. The summed E-state index contributed by atoms with van der Waals surface area (Å²) in [5.74, 6) is 0. The second-order valence-corrected chi connectivity index (χ2v) is 12.5. The van der Waals surface area contributed by atoms with Crippen molar-refractivity contribution in [1.29, 1.82) is 0 Å². The highest BCUT2D eigenvalue weighted by molar-refractivity contribution is 6.16. The van der Waals surface area contributed by atoms with Gasteiger partial charge in [0.25, 0.3) is 0 Å². The van der Waals surface area contributed by atoms with Gasteiger partial charge >= 0.3 is 0 Å². The zero-order valence-corrected chi connectivity index (χ0v) is 26.1. The molecule has 10 aromatic rings. The van der Waals surface area contributed by atoms with E-state index < -0.39 is 0 Å². The van der Waals surface area contributed by atoms with Crippen LogP contribution in [0, 0.1) is 0 Å². The van der Waals surface area contributed by atoms with Gasteiger partial charge in [-0.25, -0.2) is 0 Å². The molecule has 0 aliphatic heterocycles. The second-order valence-electron chi connectivity index (χ2n) is 12.5. The lowest BCUT2D eigenvalue weighted by atomic mass is 9.93. The van der Waals surface area contributed by atoms with Crippen LogP contribution in [0.25, 0.3) is 76.2 Å². The number of anilines is 3. The summed E-state index contributed by atoms with van der Waals surface area (Å²) in [6.07, 6.45) is 0. The average Bonchev–Trinajstić information content (AvgIpc) is 3.54. The monoisotopic (exact) mass is 611 g/mol. The fourth-order valence-electron chi connectivity index (χ4n) is 7.54. The van der Waals surface area contributed by atoms with Gasteiger partial charge < -0.3 is 9.32 Å². The fourth-order valence-corrected chi connectivity index (χ4v) is 7.54. The van der Waals surface area contributed by atoms with Gasteiger partial charge in [-0.05, 0) is 92.0 Å². The summed E-state index contributed by atoms with van der Waals surface area (Å²) < 4.78 is 6.49. The smallest absolute Gasteiger partial charge is 0.143 e. The van der Waals surface area contributed by atoms with Gasteiger partial charge in [0, 0.05) is 32.9 Å². The maximum Gasteiger partial charge on any atom is 0.143 e. The third-order valence-electron chi connectivity index (χ3n) is 9.82. The van der Waals surface area contributed by atoms with Gasteiger partial charge in [0.15, 0.2) is 0 Å². The molecule has 0 atom stereocenters. The molecule has 0 unspecified atom stereocenters. The van der Waals surface area contributed by atoms with Crippen molar-refractivity contribution in [2.45, 2.75) is 0 Å². The van der Waals surface area contributed by atoms with Crippen molar-refractivity contribution < 1.29 is 4.42 Å². The van der Waals surface area contributed by atoms with Crippen LogP contribution in [0.4, 0.5) is 17.1 Å². The van der Waals surface area contributed by atoms with Gasteiger partial charge in [-0.1, -0.05) is 127 Å². The van der Waals surface area contributed by atoms with Gasteiger partial charge in [0.05, 0.1) is 5.69 Å². The minimum Gasteiger partial charge on any atom is -0.455 e. The van der Waals surface area contributed by atoms with Crippen molar-refractivity contribution in [3.63, 3.8) is 0 Å². The number of rotatable bonds is 4. The molecule has 0 aliphatic rings. The molecule has 0 N–H and O–H groups in total. The second kappa shape index (κ2) is 10.6. The van der Waals surface area contributed by atoms with Crippen molar-refractivity contribution in [2.75, 3.05) is 4.90 Å². The molecule has 0 amide bonds. The number of furan rings is 1. The first-order chi connectivity index (χ1) is 23.8. The van der Waals surface area contributed by atoms with E-state index in [1.165, 1.54) is 43.4 Å². The van der Waals surface area contributed by atoms with Crippen LogP contribution in [0.2, 0.25) is 0 Å². The van der Waals surface area contributed by atoms with E-state index in [1.54, 1.807) is 0 Å². The lowest BCUT2D eigenvalue weighted by molar-refractivity contribution is 0.672. The Morgan fingerprint density at radius 1 is 0.354 bits per heavy atom. The van der Waals surface area contributed by atoms with Crippen LogP contribution in [0.1, 0.15) is 0 Å². The Morgan fingerprint density at radius 3 is 1.83 bits per heavy atom. The Morgan fingerprint density at radius 2 is 0.979 bits per heavy atom. The van der Waals surface area contributed by atoms with E-state index in [1.807, 2.05) is 12.1 Å². The van der Waals surface area contributed by atoms with Crippen molar-refractivity contribution in [2.24, 2.45) is 0 Å². The van der Waals surface area contributed by atoms with E-state index in [0.29, 0.717) is 0 Å². The molecular formula is C46H29NO. The first kappa shape index (κ1) is 26.8. The number of nitrogens with zero attached hydrogens (tertiary/aromatic N) is 1. The van der Waals surface area contributed by atoms with Crippen LogP contribution in [0.3, 0.4) is 0 Å². The van der Waals surface area contributed by atoms with E-state index in [4.69, 9.17) is 4.42 Å². The van der Waals surface area contributed by atoms with E-state index in [9.17, 15) is 0 Å². The summed E-state index contributed by atoms with van der Waals surface area (Å²) in [5, 5.41) is 12.0. The zero-order chi connectivity index (χ0) is 31.6. The third kappa shape index (κ3) is 4.13. The van der Waals surface area contributed by atoms with Crippen LogP contribution in [0.15, 0.2) is 180 Å². The molecule has 0 saturated heterocycles. The molecule has 0 bridgehead atoms. The highest BCUT2D eigenvalue weighted by atomic mass is 16.3. The molecule has 0 radical (unpaired) electrons. The Kier molecular flexibility index (Phi) is 5.91. The zero-order valence-electron chi connectivity index (χ0n) is 26.1. The van der Waals surface area contributed by atoms with Crippen molar-refractivity contribution in [3.8, 4) is 11.1 Å². The largest absolute Gasteiger partial charge is 0.455 e. The fraction of sp³-hybridized carbons (Fsp3) is 0. The molecule has 1 aromatic heterocycles. The van der Waals surface area contributed by atoms with E-state index in [2.05, 4.69) is 169 Å². The van der Waals surface area contributed by atoms with Crippen LogP contribution in [0.5, 0.6) is 0 Å². The van der Waals surface area contributed by atoms with Crippen LogP contribution in [-0.4, -0.2) is 0 Å². The lowest BCUT2D eigenvalue weighted by Crippen LogP contribution is -2.10. The molecule has 48 heavy (non-hydrogen) atoms. The molecule has 1 heterocycles. The maximum atomic E-state index is 6.49. The number of hydrogen-bond acceptors (Lipinski definition) is 2. The predicted octanol–water partition coefficient (Wildman–Crippen LogP) is 13.3. The van der Waals surface area contributed by atoms with Crippen LogP contribution >= 0.6 is 0 Å². The number of para-hydroxylation sites is 1. The Labute approximate surface area is 277 Å². The van der Waals surface area contributed by atoms with Gasteiger partial charge in [-0.2, -0.15) is 0 Å². The van der Waals surface area contributed by atoms with Gasteiger partial charge in [0.2, 0.25) is 0 Å². The molecule has 0 fully saturated rings. The predicted molar refractivity (Wildman–Crippen MR) is 204 cm³/mol. The van der Waals surface area contributed by atoms with Crippen LogP contribution in [-0.2, 0) is 0 Å². The summed E-state index contributed by atoms with van der Waals surface area (Å²) in [5.41, 5.74) is 7.58. The molecule has 0 spiro atoms. The quantitative estimate of drug-likeness (QED) is 0.184. The van der Waals surface area contributed by atoms with Gasteiger partial charge in [-0.3, -0.25) is 0 Å². The topological polar surface area (TPSA) is 16.4 Å². The maximum absolute atomic E-state index is 6.49. The number of fused-ring (bicyclic) bond motifs is 9. The van der Waals surface area contributed by atoms with Crippen LogP contribution < -0.4 is 4.90 Å². The van der Waals surface area contributed by atoms with Crippen molar-refractivity contribution >= 4 is 82.1 Å².